The lowest BCUT2D eigenvalue weighted by Gasteiger charge is -2.09. The molecule has 14 heavy (non-hydrogen) atoms. The highest BCUT2D eigenvalue weighted by molar-refractivity contribution is 14.1. The van der Waals surface area contributed by atoms with Crippen molar-refractivity contribution in [1.82, 2.24) is 4.98 Å². The minimum absolute atomic E-state index is 0.188. The predicted molar refractivity (Wildman–Crippen MR) is 61.1 cm³/mol. The molecular weight excluding hydrogens is 371 g/mol. The fourth-order valence-corrected chi connectivity index (χ4v) is 2.05. The molecule has 0 aliphatic carbocycles. The van der Waals surface area contributed by atoms with Crippen molar-refractivity contribution in [2.45, 2.75) is 11.8 Å². The van der Waals surface area contributed by atoms with Crippen LogP contribution in [-0.4, -0.2) is 12.1 Å². The van der Waals surface area contributed by atoms with Crippen LogP contribution in [-0.2, 0) is 5.33 Å². The van der Waals surface area contributed by atoms with E-state index in [0.717, 1.165) is 0 Å². The highest BCUT2D eigenvalue weighted by atomic mass is 127. The summed E-state index contributed by atoms with van der Waals surface area (Å²) in [6.45, 7) is 0. The molecule has 0 atom stereocenters. The van der Waals surface area contributed by atoms with E-state index in [0.29, 0.717) is 20.3 Å². The molecule has 1 aromatic rings. The molecule has 2 nitrogen and oxygen atoms in total. The van der Waals surface area contributed by atoms with Gasteiger partial charge < -0.3 is 4.74 Å². The van der Waals surface area contributed by atoms with E-state index in [-0.39, 0.29) is 5.69 Å². The van der Waals surface area contributed by atoms with Gasteiger partial charge in [0.1, 0.15) is 9.39 Å². The van der Waals surface area contributed by atoms with E-state index >= 15 is 0 Å². The standard InChI is InChI=1S/C8H7BrF2INO/c1-14-5-2-4(3-9)6(7(10)11)13-8(5)12/h2,7H,3H2,1H3. The lowest BCUT2D eigenvalue weighted by Crippen LogP contribution is -2.01. The molecule has 1 aromatic heterocycles. The van der Waals surface area contributed by atoms with Crippen LogP contribution in [0.3, 0.4) is 0 Å². The number of pyridine rings is 1. The molecule has 6 heteroatoms. The molecule has 1 rings (SSSR count). The summed E-state index contributed by atoms with van der Waals surface area (Å²) >= 11 is 5.00. The van der Waals surface area contributed by atoms with Gasteiger partial charge in [-0.05, 0) is 34.2 Å². The van der Waals surface area contributed by atoms with Crippen LogP contribution >= 0.6 is 38.5 Å². The van der Waals surface area contributed by atoms with Gasteiger partial charge >= 0.3 is 0 Å². The van der Waals surface area contributed by atoms with Gasteiger partial charge in [0.2, 0.25) is 0 Å². The van der Waals surface area contributed by atoms with Gasteiger partial charge in [-0.2, -0.15) is 0 Å². The number of alkyl halides is 3. The topological polar surface area (TPSA) is 22.1 Å². The molecule has 0 aliphatic rings. The third-order valence-corrected chi connectivity index (χ3v) is 3.00. The minimum atomic E-state index is -2.55. The smallest absolute Gasteiger partial charge is 0.280 e. The second kappa shape index (κ2) is 5.20. The summed E-state index contributed by atoms with van der Waals surface area (Å²) < 4.78 is 30.4. The number of nitrogens with zero attached hydrogens (tertiary/aromatic N) is 1. The van der Waals surface area contributed by atoms with Gasteiger partial charge in [0.25, 0.3) is 6.43 Å². The van der Waals surface area contributed by atoms with E-state index in [1.54, 1.807) is 6.07 Å². The second-order valence-corrected chi connectivity index (χ2v) is 4.04. The summed E-state index contributed by atoms with van der Waals surface area (Å²) in [6, 6.07) is 1.57. The summed E-state index contributed by atoms with van der Waals surface area (Å²) in [5.41, 5.74) is 0.268. The van der Waals surface area contributed by atoms with E-state index in [2.05, 4.69) is 20.9 Å². The molecule has 0 bridgehead atoms. The first-order valence-electron chi connectivity index (χ1n) is 3.67. The lowest BCUT2D eigenvalue weighted by molar-refractivity contribution is 0.144. The van der Waals surface area contributed by atoms with Crippen molar-refractivity contribution in [3.8, 4) is 5.75 Å². The van der Waals surface area contributed by atoms with Gasteiger partial charge in [-0.15, -0.1) is 0 Å². The molecule has 0 fully saturated rings. The van der Waals surface area contributed by atoms with Crippen molar-refractivity contribution < 1.29 is 13.5 Å². The third kappa shape index (κ3) is 2.53. The summed E-state index contributed by atoms with van der Waals surface area (Å²) in [6.07, 6.45) is -2.55. The Morgan fingerprint density at radius 3 is 2.71 bits per heavy atom. The number of methoxy groups -OCH3 is 1. The molecule has 0 saturated heterocycles. The third-order valence-electron chi connectivity index (χ3n) is 1.63. The lowest BCUT2D eigenvalue weighted by atomic mass is 10.2. The van der Waals surface area contributed by atoms with Crippen LogP contribution in [0.5, 0.6) is 5.75 Å². The van der Waals surface area contributed by atoms with Crippen LogP contribution < -0.4 is 4.74 Å². The Labute approximate surface area is 102 Å². The maximum atomic E-state index is 12.5. The average Bonchev–Trinajstić information content (AvgIpc) is 2.17. The Kier molecular flexibility index (Phi) is 4.49. The minimum Gasteiger partial charge on any atom is -0.494 e. The molecule has 0 saturated carbocycles. The largest absolute Gasteiger partial charge is 0.494 e. The summed E-state index contributed by atoms with van der Waals surface area (Å²) in [7, 11) is 1.49. The van der Waals surface area contributed by atoms with Gasteiger partial charge in [-0.25, -0.2) is 13.8 Å². The molecule has 0 radical (unpaired) electrons. The second-order valence-electron chi connectivity index (χ2n) is 2.46. The van der Waals surface area contributed by atoms with Crippen LogP contribution in [0.15, 0.2) is 6.07 Å². The molecule has 0 unspecified atom stereocenters. The van der Waals surface area contributed by atoms with Gasteiger partial charge in [0.15, 0.2) is 5.75 Å². The Balaban J connectivity index is 3.24. The fraction of sp³-hybridized carbons (Fsp3) is 0.375. The summed E-state index contributed by atoms with van der Waals surface area (Å²) in [5, 5.41) is 0.340. The fourth-order valence-electron chi connectivity index (χ4n) is 0.964. The van der Waals surface area contributed by atoms with E-state index in [1.165, 1.54) is 7.11 Å². The Morgan fingerprint density at radius 1 is 1.64 bits per heavy atom. The number of hydrogen-bond donors (Lipinski definition) is 0. The van der Waals surface area contributed by atoms with Gasteiger partial charge in [-0.1, -0.05) is 15.9 Å². The van der Waals surface area contributed by atoms with Crippen molar-refractivity contribution in [3.05, 3.63) is 21.0 Å². The number of rotatable bonds is 3. The zero-order chi connectivity index (χ0) is 10.7. The van der Waals surface area contributed by atoms with Crippen molar-refractivity contribution in [1.29, 1.82) is 0 Å². The zero-order valence-electron chi connectivity index (χ0n) is 7.23. The van der Waals surface area contributed by atoms with Crippen LogP contribution in [0, 0.1) is 3.70 Å². The molecule has 0 spiro atoms. The van der Waals surface area contributed by atoms with Crippen LogP contribution in [0.25, 0.3) is 0 Å². The molecular formula is C8H7BrF2INO. The summed E-state index contributed by atoms with van der Waals surface area (Å²) in [5.74, 6) is 0.518. The predicted octanol–water partition coefficient (Wildman–Crippen LogP) is 3.53. The van der Waals surface area contributed by atoms with Gasteiger partial charge in [0.05, 0.1) is 7.11 Å². The first-order chi connectivity index (χ1) is 6.60. The molecule has 1 heterocycles. The highest BCUT2D eigenvalue weighted by Crippen LogP contribution is 2.29. The first kappa shape index (κ1) is 12.1. The maximum absolute atomic E-state index is 12.5. The van der Waals surface area contributed by atoms with Crippen molar-refractivity contribution in [3.63, 3.8) is 0 Å². The van der Waals surface area contributed by atoms with Crippen LogP contribution in [0.4, 0.5) is 8.78 Å². The molecule has 0 amide bonds. The Hall–Kier alpha value is 0.0200. The maximum Gasteiger partial charge on any atom is 0.280 e. The van der Waals surface area contributed by atoms with E-state index < -0.39 is 6.43 Å². The molecule has 0 N–H and O–H groups in total. The van der Waals surface area contributed by atoms with Gasteiger partial charge in [-0.3, -0.25) is 0 Å². The number of ether oxygens (including phenoxy) is 1. The Morgan fingerprint density at radius 2 is 2.29 bits per heavy atom. The molecule has 0 aliphatic heterocycles. The van der Waals surface area contributed by atoms with Crippen LogP contribution in [0.1, 0.15) is 17.7 Å². The highest BCUT2D eigenvalue weighted by Gasteiger charge is 2.17. The van der Waals surface area contributed by atoms with Gasteiger partial charge in [0, 0.05) is 5.33 Å². The summed E-state index contributed by atoms with van der Waals surface area (Å²) in [4.78, 5) is 3.80. The number of aromatic nitrogens is 1. The average molecular weight is 378 g/mol. The molecule has 78 valence electrons. The quantitative estimate of drug-likeness (QED) is 0.456. The van der Waals surface area contributed by atoms with Crippen LogP contribution in [0.2, 0.25) is 0 Å². The SMILES string of the molecule is COc1cc(CBr)c(C(F)F)nc1I. The first-order valence-corrected chi connectivity index (χ1v) is 5.87. The van der Waals surface area contributed by atoms with Crippen molar-refractivity contribution in [2.75, 3.05) is 7.11 Å². The monoisotopic (exact) mass is 377 g/mol. The Bertz CT molecular complexity index is 335. The normalized spacial score (nSPS) is 10.7. The zero-order valence-corrected chi connectivity index (χ0v) is 11.0. The van der Waals surface area contributed by atoms with E-state index in [9.17, 15) is 8.78 Å². The number of hydrogen-bond acceptors (Lipinski definition) is 2. The van der Waals surface area contributed by atoms with E-state index in [4.69, 9.17) is 4.74 Å². The molecule has 0 aromatic carbocycles. The number of halogens is 4. The van der Waals surface area contributed by atoms with Crippen molar-refractivity contribution in [2.24, 2.45) is 0 Å². The van der Waals surface area contributed by atoms with E-state index in [1.807, 2.05) is 22.6 Å². The van der Waals surface area contributed by atoms with Crippen molar-refractivity contribution >= 4 is 38.5 Å².